The number of hydrogen-bond donors (Lipinski definition) is 1. The second kappa shape index (κ2) is 4.40. The molecule has 1 aromatic carbocycles. The first-order valence-corrected chi connectivity index (χ1v) is 5.05. The van der Waals surface area contributed by atoms with Gasteiger partial charge in [-0.2, -0.15) is 0 Å². The van der Waals surface area contributed by atoms with E-state index < -0.39 is 11.9 Å². The lowest BCUT2D eigenvalue weighted by Gasteiger charge is -2.11. The molecule has 0 saturated heterocycles. The third kappa shape index (κ3) is 2.42. The summed E-state index contributed by atoms with van der Waals surface area (Å²) in [5.41, 5.74) is 0.427. The molecule has 0 spiro atoms. The minimum atomic E-state index is -0.709. The highest BCUT2D eigenvalue weighted by Crippen LogP contribution is 2.32. The second-order valence-corrected chi connectivity index (χ2v) is 3.95. The largest absolute Gasteiger partial charge is 0.388 e. The number of rotatable bonds is 2. The summed E-state index contributed by atoms with van der Waals surface area (Å²) in [5, 5.41) is 9.86. The lowest BCUT2D eigenvalue weighted by atomic mass is 10.1. The van der Waals surface area contributed by atoms with Crippen molar-refractivity contribution in [1.82, 2.24) is 0 Å². The third-order valence-electron chi connectivity index (χ3n) is 1.77. The Kier molecular flexibility index (Phi) is 3.71. The van der Waals surface area contributed by atoms with E-state index in [9.17, 15) is 9.50 Å². The molecule has 0 heterocycles. The quantitative estimate of drug-likeness (QED) is 0.810. The number of aliphatic hydroxyl groups is 1. The van der Waals surface area contributed by atoms with Crippen LogP contribution in [-0.4, -0.2) is 5.11 Å². The molecule has 0 aliphatic rings. The zero-order chi connectivity index (χ0) is 10.0. The summed E-state index contributed by atoms with van der Waals surface area (Å²) < 4.78 is 13.4. The molecule has 0 radical (unpaired) electrons. The van der Waals surface area contributed by atoms with E-state index in [0.29, 0.717) is 21.5 Å². The molecule has 0 aliphatic carbocycles. The average molecular weight is 268 g/mol. The predicted molar refractivity (Wildman–Crippen MR) is 54.4 cm³/mol. The number of hydrogen-bond acceptors (Lipinski definition) is 1. The second-order valence-electron chi connectivity index (χ2n) is 2.71. The highest BCUT2D eigenvalue weighted by molar-refractivity contribution is 9.10. The minimum absolute atomic E-state index is 0.371. The fourth-order valence-corrected chi connectivity index (χ4v) is 1.72. The zero-order valence-corrected chi connectivity index (χ0v) is 9.36. The highest BCUT2D eigenvalue weighted by Gasteiger charge is 2.13. The molecule has 0 fully saturated rings. The maximum Gasteiger partial charge on any atom is 0.124 e. The van der Waals surface area contributed by atoms with E-state index in [1.165, 1.54) is 12.1 Å². The molecule has 0 bridgehead atoms. The van der Waals surface area contributed by atoms with E-state index >= 15 is 0 Å². The standard InChI is InChI=1S/C9H9BrClFO/c1-2-8(13)6-3-5(12)4-7(10)9(6)11/h3-4,8,13H,2H2,1H3. The van der Waals surface area contributed by atoms with Crippen molar-refractivity contribution in [3.63, 3.8) is 0 Å². The number of benzene rings is 1. The van der Waals surface area contributed by atoms with E-state index in [1.807, 2.05) is 0 Å². The van der Waals surface area contributed by atoms with Gasteiger partial charge in [-0.25, -0.2) is 4.39 Å². The van der Waals surface area contributed by atoms with Gasteiger partial charge in [-0.05, 0) is 34.5 Å². The maximum atomic E-state index is 12.9. The van der Waals surface area contributed by atoms with Crippen LogP contribution in [0.1, 0.15) is 25.0 Å². The van der Waals surface area contributed by atoms with Crippen molar-refractivity contribution < 1.29 is 9.50 Å². The van der Waals surface area contributed by atoms with Crippen molar-refractivity contribution >= 4 is 27.5 Å². The van der Waals surface area contributed by atoms with Gasteiger partial charge in [-0.15, -0.1) is 0 Å². The van der Waals surface area contributed by atoms with Gasteiger partial charge in [0, 0.05) is 10.0 Å². The molecule has 1 atom stereocenters. The summed E-state index contributed by atoms with van der Waals surface area (Å²) in [7, 11) is 0. The van der Waals surface area contributed by atoms with Crippen LogP contribution in [0, 0.1) is 5.82 Å². The van der Waals surface area contributed by atoms with Gasteiger partial charge < -0.3 is 5.11 Å². The van der Waals surface area contributed by atoms with E-state index in [2.05, 4.69) is 15.9 Å². The van der Waals surface area contributed by atoms with Gasteiger partial charge in [0.05, 0.1) is 11.1 Å². The smallest absolute Gasteiger partial charge is 0.124 e. The molecular formula is C9H9BrClFO. The van der Waals surface area contributed by atoms with Crippen molar-refractivity contribution in [3.8, 4) is 0 Å². The topological polar surface area (TPSA) is 20.2 Å². The van der Waals surface area contributed by atoms with Crippen LogP contribution in [0.3, 0.4) is 0 Å². The lowest BCUT2D eigenvalue weighted by molar-refractivity contribution is 0.173. The van der Waals surface area contributed by atoms with Crippen LogP contribution < -0.4 is 0 Å². The van der Waals surface area contributed by atoms with Crippen LogP contribution in [0.15, 0.2) is 16.6 Å². The van der Waals surface area contributed by atoms with Gasteiger partial charge in [-0.3, -0.25) is 0 Å². The van der Waals surface area contributed by atoms with Gasteiger partial charge in [0.2, 0.25) is 0 Å². The Morgan fingerprint density at radius 2 is 2.23 bits per heavy atom. The lowest BCUT2D eigenvalue weighted by Crippen LogP contribution is -1.97. The first-order chi connectivity index (χ1) is 6.06. The van der Waals surface area contributed by atoms with E-state index in [4.69, 9.17) is 11.6 Å². The molecule has 72 valence electrons. The Morgan fingerprint density at radius 3 is 2.77 bits per heavy atom. The van der Waals surface area contributed by atoms with Gasteiger partial charge >= 0.3 is 0 Å². The Balaban J connectivity index is 3.20. The van der Waals surface area contributed by atoms with Gasteiger partial charge in [0.1, 0.15) is 5.82 Å². The predicted octanol–water partition coefficient (Wildman–Crippen LogP) is 3.69. The van der Waals surface area contributed by atoms with Crippen molar-refractivity contribution in [1.29, 1.82) is 0 Å². The van der Waals surface area contributed by atoms with Crippen LogP contribution in [-0.2, 0) is 0 Å². The summed E-state index contributed by atoms with van der Waals surface area (Å²) in [6.07, 6.45) is -0.199. The normalized spacial score (nSPS) is 13.0. The van der Waals surface area contributed by atoms with E-state index in [1.54, 1.807) is 6.92 Å². The Morgan fingerprint density at radius 1 is 1.62 bits per heavy atom. The van der Waals surface area contributed by atoms with Crippen molar-refractivity contribution in [2.45, 2.75) is 19.4 Å². The Labute approximate surface area is 89.7 Å². The van der Waals surface area contributed by atoms with Gasteiger partial charge in [-0.1, -0.05) is 18.5 Å². The fourth-order valence-electron chi connectivity index (χ4n) is 1.04. The first kappa shape index (κ1) is 11.0. The summed E-state index contributed by atoms with van der Waals surface area (Å²) in [5.74, 6) is -0.404. The molecule has 0 aromatic heterocycles. The van der Waals surface area contributed by atoms with Crippen molar-refractivity contribution in [2.75, 3.05) is 0 Å². The first-order valence-electron chi connectivity index (χ1n) is 3.88. The van der Waals surface area contributed by atoms with Crippen LogP contribution in [0.25, 0.3) is 0 Å². The summed E-state index contributed by atoms with van der Waals surface area (Å²) >= 11 is 8.98. The molecule has 1 nitrogen and oxygen atoms in total. The fraction of sp³-hybridized carbons (Fsp3) is 0.333. The van der Waals surface area contributed by atoms with Crippen LogP contribution >= 0.6 is 27.5 Å². The SMILES string of the molecule is CCC(O)c1cc(F)cc(Br)c1Cl. The molecule has 4 heteroatoms. The molecule has 0 amide bonds. The zero-order valence-electron chi connectivity index (χ0n) is 7.02. The average Bonchev–Trinajstić information content (AvgIpc) is 2.10. The van der Waals surface area contributed by atoms with Gasteiger partial charge in [0.25, 0.3) is 0 Å². The highest BCUT2D eigenvalue weighted by atomic mass is 79.9. The van der Waals surface area contributed by atoms with Gasteiger partial charge in [0.15, 0.2) is 0 Å². The number of halogens is 3. The Hall–Kier alpha value is -0.120. The minimum Gasteiger partial charge on any atom is -0.388 e. The van der Waals surface area contributed by atoms with E-state index in [0.717, 1.165) is 0 Å². The molecular weight excluding hydrogens is 258 g/mol. The maximum absolute atomic E-state index is 12.9. The monoisotopic (exact) mass is 266 g/mol. The molecule has 0 saturated carbocycles. The van der Waals surface area contributed by atoms with Crippen molar-refractivity contribution in [3.05, 3.63) is 33.0 Å². The van der Waals surface area contributed by atoms with Crippen LogP contribution in [0.5, 0.6) is 0 Å². The molecule has 0 aliphatic heterocycles. The summed E-state index contributed by atoms with van der Waals surface area (Å²) in [6, 6.07) is 2.52. The molecule has 1 unspecified atom stereocenters. The molecule has 13 heavy (non-hydrogen) atoms. The number of aliphatic hydroxyl groups excluding tert-OH is 1. The van der Waals surface area contributed by atoms with Crippen LogP contribution in [0.4, 0.5) is 4.39 Å². The molecule has 1 rings (SSSR count). The van der Waals surface area contributed by atoms with E-state index in [-0.39, 0.29) is 0 Å². The Bertz CT molecular complexity index is 317. The molecule has 1 N–H and O–H groups in total. The van der Waals surface area contributed by atoms with Crippen molar-refractivity contribution in [2.24, 2.45) is 0 Å². The van der Waals surface area contributed by atoms with Crippen LogP contribution in [0.2, 0.25) is 5.02 Å². The molecule has 1 aromatic rings. The third-order valence-corrected chi connectivity index (χ3v) is 3.04. The summed E-state index contributed by atoms with van der Waals surface area (Å²) in [4.78, 5) is 0. The summed E-state index contributed by atoms with van der Waals surface area (Å²) in [6.45, 7) is 1.81.